The predicted octanol–water partition coefficient (Wildman–Crippen LogP) is 2.44. The molecule has 8 heteroatoms. The molecule has 0 saturated heterocycles. The van der Waals surface area contributed by atoms with Gasteiger partial charge in [0.2, 0.25) is 11.8 Å². The number of rotatable bonds is 7. The number of carbonyl (C=O) groups is 2. The van der Waals surface area contributed by atoms with Gasteiger partial charge in [0.05, 0.1) is 16.3 Å². The molecule has 0 aromatic heterocycles. The third kappa shape index (κ3) is 4.82. The molecule has 6 nitrogen and oxygen atoms in total. The molecule has 2 amide bonds. The molecule has 25 heavy (non-hydrogen) atoms. The molecule has 2 rings (SSSR count). The molecular weight excluding hydrogens is 408 g/mol. The maximum atomic E-state index is 12.8. The van der Waals surface area contributed by atoms with Crippen molar-refractivity contribution in [3.8, 4) is 0 Å². The van der Waals surface area contributed by atoms with E-state index in [9.17, 15) is 18.0 Å². The van der Waals surface area contributed by atoms with Crippen LogP contribution in [0.25, 0.3) is 0 Å². The van der Waals surface area contributed by atoms with Gasteiger partial charge >= 0.3 is 0 Å². The summed E-state index contributed by atoms with van der Waals surface area (Å²) in [7, 11) is -3.68. The zero-order chi connectivity index (χ0) is 18.6. The van der Waals surface area contributed by atoms with Crippen molar-refractivity contribution in [2.24, 2.45) is 0 Å². The molecule has 1 aliphatic rings. The molecule has 0 radical (unpaired) electrons. The lowest BCUT2D eigenvalue weighted by molar-refractivity contribution is -0.120. The normalized spacial score (nSPS) is 13.6. The molecule has 0 fully saturated rings. The Kier molecular flexibility index (Phi) is 6.62. The smallest absolute Gasteiger partial charge is 0.223 e. The summed E-state index contributed by atoms with van der Waals surface area (Å²) in [6, 6.07) is 3.36. The fourth-order valence-corrected chi connectivity index (χ4v) is 5.02. The number of anilines is 1. The van der Waals surface area contributed by atoms with Gasteiger partial charge in [0.1, 0.15) is 0 Å². The Morgan fingerprint density at radius 2 is 2.04 bits per heavy atom. The Hall–Kier alpha value is -1.41. The zero-order valence-corrected chi connectivity index (χ0v) is 16.9. The molecule has 1 aromatic carbocycles. The Morgan fingerprint density at radius 1 is 1.32 bits per heavy atom. The molecule has 0 atom stereocenters. The van der Waals surface area contributed by atoms with E-state index >= 15 is 0 Å². The zero-order valence-electron chi connectivity index (χ0n) is 14.5. The number of hydrogen-bond acceptors (Lipinski definition) is 4. The van der Waals surface area contributed by atoms with E-state index in [2.05, 4.69) is 21.2 Å². The van der Waals surface area contributed by atoms with Gasteiger partial charge in [0.15, 0.2) is 9.84 Å². The van der Waals surface area contributed by atoms with Crippen molar-refractivity contribution in [3.63, 3.8) is 0 Å². The second-order valence-corrected chi connectivity index (χ2v) is 9.10. The van der Waals surface area contributed by atoms with Crippen molar-refractivity contribution < 1.29 is 18.0 Å². The highest BCUT2D eigenvalue weighted by Crippen LogP contribution is 2.38. The van der Waals surface area contributed by atoms with Crippen molar-refractivity contribution in [2.75, 3.05) is 23.7 Å². The van der Waals surface area contributed by atoms with Crippen LogP contribution in [0.15, 0.2) is 21.5 Å². The van der Waals surface area contributed by atoms with E-state index in [1.807, 2.05) is 13.0 Å². The Bertz CT molecular complexity index is 777. The summed E-state index contributed by atoms with van der Waals surface area (Å²) in [4.78, 5) is 25.3. The van der Waals surface area contributed by atoms with Gasteiger partial charge < -0.3 is 10.2 Å². The summed E-state index contributed by atoms with van der Waals surface area (Å²) in [6.45, 7) is 4.47. The van der Waals surface area contributed by atoms with Gasteiger partial charge in [-0.2, -0.15) is 0 Å². The molecule has 1 aromatic rings. The highest BCUT2D eigenvalue weighted by Gasteiger charge is 2.31. The van der Waals surface area contributed by atoms with Gasteiger partial charge in [0, 0.05) is 30.9 Å². The molecule has 1 aliphatic heterocycles. The summed E-state index contributed by atoms with van der Waals surface area (Å²) < 4.78 is 26.3. The Morgan fingerprint density at radius 3 is 2.68 bits per heavy atom. The number of sulfone groups is 1. The third-order valence-electron chi connectivity index (χ3n) is 4.16. The first-order chi connectivity index (χ1) is 11.8. The van der Waals surface area contributed by atoms with Gasteiger partial charge in [0.25, 0.3) is 0 Å². The van der Waals surface area contributed by atoms with Gasteiger partial charge in [-0.3, -0.25) is 9.59 Å². The van der Waals surface area contributed by atoms with Gasteiger partial charge in [-0.05, 0) is 30.5 Å². The number of nitrogens with one attached hydrogen (secondary N) is 1. The van der Waals surface area contributed by atoms with Crippen LogP contribution in [0.5, 0.6) is 0 Å². The molecule has 0 unspecified atom stereocenters. The fourth-order valence-electron chi connectivity index (χ4n) is 2.85. The van der Waals surface area contributed by atoms with E-state index in [0.717, 1.165) is 18.4 Å². The third-order valence-corrected chi connectivity index (χ3v) is 6.34. The fraction of sp³-hybridized carbons (Fsp3) is 0.529. The largest absolute Gasteiger partial charge is 0.356 e. The van der Waals surface area contributed by atoms with Crippen molar-refractivity contribution in [2.45, 2.75) is 44.4 Å². The number of halogens is 1. The maximum absolute atomic E-state index is 12.8. The minimum Gasteiger partial charge on any atom is -0.356 e. The lowest BCUT2D eigenvalue weighted by atomic mass is 10.2. The number of nitrogens with zero attached hydrogens (tertiary/aromatic N) is 1. The van der Waals surface area contributed by atoms with Crippen molar-refractivity contribution >= 4 is 43.3 Å². The van der Waals surface area contributed by atoms with Crippen molar-refractivity contribution in [1.29, 1.82) is 0 Å². The average molecular weight is 431 g/mol. The summed E-state index contributed by atoms with van der Waals surface area (Å²) >= 11 is 3.34. The molecule has 0 spiro atoms. The number of amides is 2. The number of carbonyl (C=O) groups excluding carboxylic acids is 2. The SMILES string of the molecule is CCCCNC(=O)CCS(=O)(=O)c1cc(Br)cc2c1N(C(C)=O)CC2. The van der Waals surface area contributed by atoms with E-state index in [4.69, 9.17) is 0 Å². The van der Waals surface area contributed by atoms with Crippen molar-refractivity contribution in [3.05, 3.63) is 22.2 Å². The number of hydrogen-bond donors (Lipinski definition) is 1. The second-order valence-electron chi connectivity index (χ2n) is 6.10. The molecule has 1 heterocycles. The first-order valence-corrected chi connectivity index (χ1v) is 10.8. The van der Waals surface area contributed by atoms with Crippen LogP contribution >= 0.6 is 15.9 Å². The molecule has 0 aliphatic carbocycles. The van der Waals surface area contributed by atoms with Crippen LogP contribution in [0, 0.1) is 0 Å². The second kappa shape index (κ2) is 8.31. The maximum Gasteiger partial charge on any atom is 0.223 e. The highest BCUT2D eigenvalue weighted by molar-refractivity contribution is 9.10. The van der Waals surface area contributed by atoms with Gasteiger partial charge in [-0.1, -0.05) is 29.3 Å². The van der Waals surface area contributed by atoms with Crippen LogP contribution in [0.4, 0.5) is 5.69 Å². The first kappa shape index (κ1) is 19.9. The Labute approximate surface area is 157 Å². The highest BCUT2D eigenvalue weighted by atomic mass is 79.9. The summed E-state index contributed by atoms with van der Waals surface area (Å²) in [6.07, 6.45) is 2.36. The van der Waals surface area contributed by atoms with E-state index in [1.165, 1.54) is 17.9 Å². The van der Waals surface area contributed by atoms with Crippen LogP contribution < -0.4 is 10.2 Å². The van der Waals surface area contributed by atoms with Crippen LogP contribution in [0.1, 0.15) is 38.7 Å². The van der Waals surface area contributed by atoms with E-state index in [0.29, 0.717) is 29.7 Å². The monoisotopic (exact) mass is 430 g/mol. The van der Waals surface area contributed by atoms with Crippen LogP contribution in [-0.4, -0.2) is 39.1 Å². The van der Waals surface area contributed by atoms with E-state index in [1.54, 1.807) is 0 Å². The summed E-state index contributed by atoms with van der Waals surface area (Å²) in [5.74, 6) is -0.735. The van der Waals surface area contributed by atoms with E-state index < -0.39 is 9.84 Å². The predicted molar refractivity (Wildman–Crippen MR) is 100 cm³/mol. The van der Waals surface area contributed by atoms with Crippen LogP contribution in [0.3, 0.4) is 0 Å². The minimum atomic E-state index is -3.68. The van der Waals surface area contributed by atoms with Crippen LogP contribution in [0.2, 0.25) is 0 Å². The lowest BCUT2D eigenvalue weighted by Crippen LogP contribution is -2.29. The molecule has 0 bridgehead atoms. The summed E-state index contributed by atoms with van der Waals surface area (Å²) in [5, 5.41) is 2.72. The van der Waals surface area contributed by atoms with Gasteiger partial charge in [-0.15, -0.1) is 0 Å². The average Bonchev–Trinajstić information content (AvgIpc) is 2.96. The minimum absolute atomic E-state index is 0.0899. The number of unbranched alkanes of at least 4 members (excludes halogenated alkanes) is 1. The molecule has 0 saturated carbocycles. The standard InChI is InChI=1S/C17H23BrN2O4S/c1-3-4-7-19-16(22)6-9-25(23,24)15-11-14(18)10-13-5-8-20(12(2)21)17(13)15/h10-11H,3-9H2,1-2H3,(H,19,22). The summed E-state index contributed by atoms with van der Waals surface area (Å²) in [5.41, 5.74) is 1.29. The topological polar surface area (TPSA) is 83.6 Å². The molecule has 1 N–H and O–H groups in total. The number of fused-ring (bicyclic) bond motifs is 1. The quantitative estimate of drug-likeness (QED) is 0.673. The number of benzene rings is 1. The Balaban J connectivity index is 2.22. The van der Waals surface area contributed by atoms with Gasteiger partial charge in [-0.25, -0.2) is 8.42 Å². The molecular formula is C17H23BrN2O4S. The molecule has 138 valence electrons. The van der Waals surface area contributed by atoms with Crippen molar-refractivity contribution in [1.82, 2.24) is 5.32 Å². The van der Waals surface area contributed by atoms with Crippen LogP contribution in [-0.2, 0) is 25.8 Å². The first-order valence-electron chi connectivity index (χ1n) is 8.36. The lowest BCUT2D eigenvalue weighted by Gasteiger charge is -2.19. The van der Waals surface area contributed by atoms with E-state index in [-0.39, 0.29) is 28.9 Å².